The minimum absolute atomic E-state index is 0.0526. The first-order chi connectivity index (χ1) is 12.4. The number of alkyl carbamates (subject to hydrolysis) is 1. The van der Waals surface area contributed by atoms with Crippen LogP contribution in [0.3, 0.4) is 0 Å². The van der Waals surface area contributed by atoms with E-state index in [1.54, 1.807) is 20.8 Å². The Labute approximate surface area is 154 Å². The molecule has 0 saturated heterocycles. The molecule has 0 unspecified atom stereocenters. The van der Waals surface area contributed by atoms with Crippen molar-refractivity contribution in [3.63, 3.8) is 0 Å². The van der Waals surface area contributed by atoms with Crippen molar-refractivity contribution in [1.29, 1.82) is 0 Å². The Hall–Kier alpha value is -2.78. The molecule has 0 aromatic heterocycles. The van der Waals surface area contributed by atoms with Crippen LogP contribution < -0.4 is 10.6 Å². The molecule has 0 aliphatic carbocycles. The average molecular weight is 390 g/mol. The maximum absolute atomic E-state index is 12.6. The smallest absolute Gasteiger partial charge is 0.416 e. The summed E-state index contributed by atoms with van der Waals surface area (Å²) < 4.78 is 47.5. The third-order valence-electron chi connectivity index (χ3n) is 2.84. The van der Waals surface area contributed by atoms with Gasteiger partial charge in [-0.25, -0.2) is 4.79 Å². The highest BCUT2D eigenvalue weighted by Crippen LogP contribution is 2.30. The van der Waals surface area contributed by atoms with Crippen LogP contribution in [-0.2, 0) is 25.2 Å². The van der Waals surface area contributed by atoms with Gasteiger partial charge in [0.2, 0.25) is 0 Å². The van der Waals surface area contributed by atoms with Crippen LogP contribution >= 0.6 is 0 Å². The number of esters is 1. The molecule has 1 aromatic carbocycles. The maximum Gasteiger partial charge on any atom is 0.416 e. The second-order valence-corrected chi connectivity index (χ2v) is 6.47. The van der Waals surface area contributed by atoms with Gasteiger partial charge in [0, 0.05) is 12.2 Å². The number of carbonyl (C=O) groups excluding carboxylic acids is 3. The van der Waals surface area contributed by atoms with Crippen LogP contribution in [0.4, 0.5) is 23.7 Å². The summed E-state index contributed by atoms with van der Waals surface area (Å²) in [5.41, 5.74) is -1.66. The van der Waals surface area contributed by atoms with Crippen molar-refractivity contribution in [2.24, 2.45) is 0 Å². The van der Waals surface area contributed by atoms with Crippen LogP contribution in [0.1, 0.15) is 32.8 Å². The summed E-state index contributed by atoms with van der Waals surface area (Å²) >= 11 is 0. The van der Waals surface area contributed by atoms with Gasteiger partial charge < -0.3 is 20.1 Å². The summed E-state index contributed by atoms with van der Waals surface area (Å²) in [6.45, 7) is 4.34. The minimum Gasteiger partial charge on any atom is -0.456 e. The highest BCUT2D eigenvalue weighted by molar-refractivity contribution is 5.92. The van der Waals surface area contributed by atoms with Gasteiger partial charge >= 0.3 is 18.2 Å². The lowest BCUT2D eigenvalue weighted by atomic mass is 10.2. The second kappa shape index (κ2) is 9.24. The standard InChI is InChI=1S/C17H21F3N2O5/c1-16(2,3)27-15(25)21-8-7-14(24)26-10-13(23)22-12-6-4-5-11(9-12)17(18,19)20/h4-6,9H,7-8,10H2,1-3H3,(H,21,25)(H,22,23). The summed E-state index contributed by atoms with van der Waals surface area (Å²) in [5.74, 6) is -1.55. The van der Waals surface area contributed by atoms with E-state index < -0.39 is 41.9 Å². The zero-order valence-corrected chi connectivity index (χ0v) is 15.1. The van der Waals surface area contributed by atoms with Crippen molar-refractivity contribution >= 4 is 23.7 Å². The third kappa shape index (κ3) is 9.47. The molecule has 0 radical (unpaired) electrons. The Bertz CT molecular complexity index is 684. The molecule has 0 aliphatic rings. The van der Waals surface area contributed by atoms with E-state index in [1.807, 2.05) is 0 Å². The molecule has 0 bridgehead atoms. The molecule has 1 aromatic rings. The summed E-state index contributed by atoms with van der Waals surface area (Å²) in [4.78, 5) is 34.5. The topological polar surface area (TPSA) is 93.7 Å². The van der Waals surface area contributed by atoms with Crippen molar-refractivity contribution < 1.29 is 37.0 Å². The van der Waals surface area contributed by atoms with Crippen LogP contribution in [-0.4, -0.2) is 36.7 Å². The van der Waals surface area contributed by atoms with Crippen LogP contribution in [0, 0.1) is 0 Å². The molecule has 0 saturated carbocycles. The van der Waals surface area contributed by atoms with E-state index in [9.17, 15) is 27.6 Å². The molecule has 0 atom stereocenters. The quantitative estimate of drug-likeness (QED) is 0.728. The normalized spacial score (nSPS) is 11.5. The fourth-order valence-electron chi connectivity index (χ4n) is 1.77. The first kappa shape index (κ1) is 22.3. The molecular formula is C17H21F3N2O5. The molecule has 10 heteroatoms. The van der Waals surface area contributed by atoms with Gasteiger partial charge in [0.1, 0.15) is 5.60 Å². The predicted molar refractivity (Wildman–Crippen MR) is 89.9 cm³/mol. The zero-order valence-electron chi connectivity index (χ0n) is 15.1. The molecule has 0 spiro atoms. The Morgan fingerprint density at radius 3 is 2.37 bits per heavy atom. The predicted octanol–water partition coefficient (Wildman–Crippen LogP) is 3.10. The van der Waals surface area contributed by atoms with Crippen molar-refractivity contribution in [3.05, 3.63) is 29.8 Å². The second-order valence-electron chi connectivity index (χ2n) is 6.47. The van der Waals surface area contributed by atoms with Crippen molar-refractivity contribution in [3.8, 4) is 0 Å². The summed E-state index contributed by atoms with van der Waals surface area (Å²) in [6, 6.07) is 4.06. The number of benzene rings is 1. The van der Waals surface area contributed by atoms with E-state index in [-0.39, 0.29) is 18.7 Å². The molecule has 2 N–H and O–H groups in total. The lowest BCUT2D eigenvalue weighted by molar-refractivity contribution is -0.147. The lowest BCUT2D eigenvalue weighted by Crippen LogP contribution is -2.34. The number of halogens is 3. The summed E-state index contributed by atoms with van der Waals surface area (Å²) in [7, 11) is 0. The summed E-state index contributed by atoms with van der Waals surface area (Å²) in [5, 5.41) is 4.55. The molecule has 7 nitrogen and oxygen atoms in total. The number of nitrogens with one attached hydrogen (secondary N) is 2. The number of ether oxygens (including phenoxy) is 2. The van der Waals surface area contributed by atoms with Gasteiger partial charge in [0.25, 0.3) is 5.91 Å². The van der Waals surface area contributed by atoms with E-state index in [0.29, 0.717) is 0 Å². The largest absolute Gasteiger partial charge is 0.456 e. The van der Waals surface area contributed by atoms with Crippen molar-refractivity contribution in [2.45, 2.75) is 39.0 Å². The molecule has 0 aliphatic heterocycles. The molecular weight excluding hydrogens is 369 g/mol. The minimum atomic E-state index is -4.53. The molecule has 27 heavy (non-hydrogen) atoms. The van der Waals surface area contributed by atoms with Gasteiger partial charge in [-0.3, -0.25) is 9.59 Å². The van der Waals surface area contributed by atoms with Crippen LogP contribution in [0.5, 0.6) is 0 Å². The fraction of sp³-hybridized carbons (Fsp3) is 0.471. The van der Waals surface area contributed by atoms with Gasteiger partial charge in [-0.1, -0.05) is 6.07 Å². The first-order valence-electron chi connectivity index (χ1n) is 7.96. The molecule has 0 fully saturated rings. The number of rotatable bonds is 6. The van der Waals surface area contributed by atoms with Gasteiger partial charge in [0.15, 0.2) is 6.61 Å². The van der Waals surface area contributed by atoms with E-state index in [0.717, 1.165) is 18.2 Å². The zero-order chi connectivity index (χ0) is 20.7. The van der Waals surface area contributed by atoms with Crippen LogP contribution in [0.25, 0.3) is 0 Å². The monoisotopic (exact) mass is 390 g/mol. The summed E-state index contributed by atoms with van der Waals surface area (Å²) in [6.07, 6.45) is -5.43. The van der Waals surface area contributed by atoms with Crippen LogP contribution in [0.2, 0.25) is 0 Å². The van der Waals surface area contributed by atoms with E-state index in [2.05, 4.69) is 10.6 Å². The third-order valence-corrected chi connectivity index (χ3v) is 2.84. The SMILES string of the molecule is CC(C)(C)OC(=O)NCCC(=O)OCC(=O)Nc1cccc(C(F)(F)F)c1. The highest BCUT2D eigenvalue weighted by atomic mass is 19.4. The number of alkyl halides is 3. The number of hydrogen-bond donors (Lipinski definition) is 2. The Morgan fingerprint density at radius 2 is 1.78 bits per heavy atom. The van der Waals surface area contributed by atoms with Gasteiger partial charge in [-0.2, -0.15) is 13.2 Å². The Balaban J connectivity index is 2.34. The molecule has 0 heterocycles. The van der Waals surface area contributed by atoms with E-state index >= 15 is 0 Å². The average Bonchev–Trinajstić information content (AvgIpc) is 2.50. The lowest BCUT2D eigenvalue weighted by Gasteiger charge is -2.19. The highest BCUT2D eigenvalue weighted by Gasteiger charge is 2.30. The molecule has 1 rings (SSSR count). The number of carbonyl (C=O) groups is 3. The van der Waals surface area contributed by atoms with Gasteiger partial charge in [-0.05, 0) is 39.0 Å². The van der Waals surface area contributed by atoms with Gasteiger partial charge in [0.05, 0.1) is 12.0 Å². The molecule has 150 valence electrons. The van der Waals surface area contributed by atoms with Gasteiger partial charge in [-0.15, -0.1) is 0 Å². The van der Waals surface area contributed by atoms with E-state index in [1.165, 1.54) is 6.07 Å². The van der Waals surface area contributed by atoms with E-state index in [4.69, 9.17) is 9.47 Å². The number of hydrogen-bond acceptors (Lipinski definition) is 5. The Morgan fingerprint density at radius 1 is 1.11 bits per heavy atom. The first-order valence-corrected chi connectivity index (χ1v) is 7.96. The molecule has 2 amide bonds. The number of amides is 2. The van der Waals surface area contributed by atoms with Crippen LogP contribution in [0.15, 0.2) is 24.3 Å². The Kier molecular flexibility index (Phi) is 7.62. The van der Waals surface area contributed by atoms with Crippen molar-refractivity contribution in [1.82, 2.24) is 5.32 Å². The fourth-order valence-corrected chi connectivity index (χ4v) is 1.77. The van der Waals surface area contributed by atoms with Crippen molar-refractivity contribution in [2.75, 3.05) is 18.5 Å². The number of anilines is 1. The maximum atomic E-state index is 12.6.